The fraction of sp³-hybridized carbons (Fsp3) is 0.933. The number of nitrogens with zero attached hydrogens (tertiary/aromatic N) is 3. The van der Waals surface area contributed by atoms with Gasteiger partial charge in [0.1, 0.15) is 17.7 Å². The molecule has 2 aliphatic carbocycles. The highest BCUT2D eigenvalue weighted by Gasteiger charge is 2.63. The van der Waals surface area contributed by atoms with Gasteiger partial charge in [0, 0.05) is 39.1 Å². The third kappa shape index (κ3) is 5.60. The topological polar surface area (TPSA) is 68.3 Å². The number of rotatable bonds is 4. The molecule has 1 spiro atoms. The van der Waals surface area contributed by atoms with E-state index in [1.807, 2.05) is 32.8 Å². The molecule has 8 heteroatoms. The predicted octanol–water partition coefficient (Wildman–Crippen LogP) is 4.72. The molecule has 2 heterocycles. The van der Waals surface area contributed by atoms with E-state index >= 15 is 0 Å². The first-order valence-corrected chi connectivity index (χ1v) is 14.7. The largest absolute Gasteiger partial charge is 0.444 e. The molecule has 2 saturated heterocycles. The van der Waals surface area contributed by atoms with Crippen molar-refractivity contribution in [3.05, 3.63) is 0 Å². The molecule has 0 radical (unpaired) electrons. The second-order valence-corrected chi connectivity index (χ2v) is 15.1. The van der Waals surface area contributed by atoms with E-state index in [0.29, 0.717) is 60.7 Å². The minimum atomic E-state index is -0.523. The maximum absolute atomic E-state index is 13.2. The molecule has 0 aromatic carbocycles. The van der Waals surface area contributed by atoms with Crippen molar-refractivity contribution < 1.29 is 28.5 Å². The Balaban J connectivity index is 1.66. The highest BCUT2D eigenvalue weighted by Crippen LogP contribution is 2.62. The Morgan fingerprint density at radius 1 is 1.00 bits per heavy atom. The van der Waals surface area contributed by atoms with E-state index in [9.17, 15) is 9.59 Å². The minimum Gasteiger partial charge on any atom is -0.444 e. The lowest BCUT2D eigenvalue weighted by molar-refractivity contribution is -1.11. The Morgan fingerprint density at radius 3 is 2.26 bits per heavy atom. The number of carbonyl (C=O) groups is 2. The van der Waals surface area contributed by atoms with Gasteiger partial charge in [-0.05, 0) is 97.3 Å². The first-order chi connectivity index (χ1) is 17.5. The molecule has 4 fully saturated rings. The van der Waals surface area contributed by atoms with Crippen molar-refractivity contribution in [2.75, 3.05) is 47.4 Å². The summed E-state index contributed by atoms with van der Waals surface area (Å²) in [6, 6.07) is 0.0463. The van der Waals surface area contributed by atoms with Gasteiger partial charge in [0.2, 0.25) is 5.91 Å². The van der Waals surface area contributed by atoms with E-state index in [0.717, 1.165) is 32.1 Å². The standard InChI is InChI=1S/C30H54N3O5/c1-20(34)32-19-30(13-14-31(18-30)27(35)38-29(5,6)7)26-23-12-11-22(36-10)15-21(23)16-24(26)25(32)17-37-33(8,9)28(2,3)4/h21-26H,11-19H2,1-10H3/q+1/t21?,22?,23?,24?,25-,26?,30+/m1/s1. The average molecular weight is 537 g/mol. The van der Waals surface area contributed by atoms with E-state index in [1.165, 1.54) is 0 Å². The first-order valence-electron chi connectivity index (χ1n) is 14.7. The third-order valence-electron chi connectivity index (χ3n) is 10.5. The molecule has 218 valence electrons. The number of hydrogen-bond acceptors (Lipinski definition) is 5. The van der Waals surface area contributed by atoms with E-state index in [-0.39, 0.29) is 29.0 Å². The Labute approximate surface area is 230 Å². The Kier molecular flexibility index (Phi) is 7.96. The van der Waals surface area contributed by atoms with Crippen molar-refractivity contribution in [1.29, 1.82) is 0 Å². The van der Waals surface area contributed by atoms with Crippen molar-refractivity contribution in [3.63, 3.8) is 0 Å². The number of hydroxylamine groups is 3. The highest BCUT2D eigenvalue weighted by molar-refractivity contribution is 5.74. The molecule has 8 nitrogen and oxygen atoms in total. The van der Waals surface area contributed by atoms with Gasteiger partial charge in [0.05, 0.1) is 26.2 Å². The summed E-state index contributed by atoms with van der Waals surface area (Å²) in [4.78, 5) is 37.0. The second-order valence-electron chi connectivity index (χ2n) is 15.1. The van der Waals surface area contributed by atoms with Gasteiger partial charge in [-0.1, -0.05) is 0 Å². The van der Waals surface area contributed by atoms with Gasteiger partial charge in [0.25, 0.3) is 0 Å². The molecule has 2 saturated carbocycles. The molecular formula is C30H54N3O5+. The number of fused-ring (bicyclic) bond motifs is 4. The zero-order valence-electron chi connectivity index (χ0n) is 25.7. The Morgan fingerprint density at radius 2 is 1.68 bits per heavy atom. The average Bonchev–Trinajstić information content (AvgIpc) is 3.38. The summed E-state index contributed by atoms with van der Waals surface area (Å²) in [6.07, 6.45) is 5.47. The Bertz CT molecular complexity index is 893. The van der Waals surface area contributed by atoms with Crippen LogP contribution in [0.2, 0.25) is 0 Å². The number of likely N-dealkylation sites (tertiary alicyclic amines) is 2. The fourth-order valence-electron chi connectivity index (χ4n) is 7.91. The summed E-state index contributed by atoms with van der Waals surface area (Å²) in [7, 11) is 6.05. The van der Waals surface area contributed by atoms with E-state index in [2.05, 4.69) is 39.8 Å². The number of methoxy groups -OCH3 is 1. The second kappa shape index (κ2) is 10.2. The maximum atomic E-state index is 13.2. The van der Waals surface area contributed by atoms with Crippen LogP contribution >= 0.6 is 0 Å². The summed E-state index contributed by atoms with van der Waals surface area (Å²) < 4.78 is 12.0. The molecule has 4 rings (SSSR count). The van der Waals surface area contributed by atoms with Crippen molar-refractivity contribution in [1.82, 2.24) is 9.80 Å². The number of hydrogen-bond donors (Lipinski definition) is 0. The van der Waals surface area contributed by atoms with Crippen LogP contribution in [0.25, 0.3) is 0 Å². The molecule has 0 N–H and O–H groups in total. The van der Waals surface area contributed by atoms with Gasteiger partial charge in [0.15, 0.2) is 0 Å². The van der Waals surface area contributed by atoms with Crippen molar-refractivity contribution in [3.8, 4) is 0 Å². The number of ether oxygens (including phenoxy) is 2. The number of amides is 2. The van der Waals surface area contributed by atoms with Gasteiger partial charge in [-0.2, -0.15) is 4.65 Å². The van der Waals surface area contributed by atoms with Crippen molar-refractivity contribution in [2.24, 2.45) is 29.1 Å². The molecule has 5 unspecified atom stereocenters. The maximum Gasteiger partial charge on any atom is 0.410 e. The van der Waals surface area contributed by atoms with Crippen LogP contribution in [0.4, 0.5) is 4.79 Å². The van der Waals surface area contributed by atoms with Crippen LogP contribution in [0, 0.1) is 29.1 Å². The lowest BCUT2D eigenvalue weighted by atomic mass is 9.60. The quantitative estimate of drug-likeness (QED) is 0.384. The summed E-state index contributed by atoms with van der Waals surface area (Å²) in [5, 5.41) is 0. The lowest BCUT2D eigenvalue weighted by Crippen LogP contribution is -2.63. The summed E-state index contributed by atoms with van der Waals surface area (Å²) in [6.45, 7) is 16.6. The molecular weight excluding hydrogens is 482 g/mol. The van der Waals surface area contributed by atoms with Gasteiger partial charge in [-0.3, -0.25) is 4.79 Å². The molecule has 4 aliphatic rings. The van der Waals surface area contributed by atoms with Gasteiger partial charge in [-0.15, -0.1) is 0 Å². The number of carbonyl (C=O) groups excluding carboxylic acids is 2. The summed E-state index contributed by atoms with van der Waals surface area (Å²) in [5.74, 6) is 2.13. The lowest BCUT2D eigenvalue weighted by Gasteiger charge is -2.54. The molecule has 0 aromatic heterocycles. The zero-order valence-corrected chi connectivity index (χ0v) is 25.7. The van der Waals surface area contributed by atoms with Crippen LogP contribution in [0.5, 0.6) is 0 Å². The number of quaternary nitrogens is 1. The van der Waals surface area contributed by atoms with Crippen molar-refractivity contribution in [2.45, 2.75) is 104 Å². The molecule has 7 atom stereocenters. The molecule has 38 heavy (non-hydrogen) atoms. The van der Waals surface area contributed by atoms with Crippen LogP contribution < -0.4 is 0 Å². The highest BCUT2D eigenvalue weighted by atomic mass is 16.7. The van der Waals surface area contributed by atoms with Crippen LogP contribution in [-0.4, -0.2) is 97.2 Å². The first kappa shape index (κ1) is 29.6. The summed E-state index contributed by atoms with van der Waals surface area (Å²) >= 11 is 0. The predicted molar refractivity (Wildman–Crippen MR) is 147 cm³/mol. The van der Waals surface area contributed by atoms with Crippen LogP contribution in [0.15, 0.2) is 0 Å². The summed E-state index contributed by atoms with van der Waals surface area (Å²) in [5.41, 5.74) is -0.701. The minimum absolute atomic E-state index is 0.0463. The van der Waals surface area contributed by atoms with E-state index < -0.39 is 5.60 Å². The van der Waals surface area contributed by atoms with E-state index in [4.69, 9.17) is 14.3 Å². The zero-order chi connectivity index (χ0) is 28.3. The molecule has 0 bridgehead atoms. The fourth-order valence-corrected chi connectivity index (χ4v) is 7.91. The number of piperidine rings is 1. The molecule has 2 aliphatic heterocycles. The monoisotopic (exact) mass is 536 g/mol. The van der Waals surface area contributed by atoms with Crippen LogP contribution in [0.3, 0.4) is 0 Å². The molecule has 0 aromatic rings. The van der Waals surface area contributed by atoms with Crippen LogP contribution in [0.1, 0.15) is 80.6 Å². The van der Waals surface area contributed by atoms with Crippen molar-refractivity contribution >= 4 is 12.0 Å². The smallest absolute Gasteiger partial charge is 0.410 e. The van der Waals surface area contributed by atoms with Gasteiger partial charge >= 0.3 is 6.09 Å². The molecule has 2 amide bonds. The van der Waals surface area contributed by atoms with Crippen LogP contribution in [-0.2, 0) is 19.1 Å². The Hall–Kier alpha value is -1.38. The van der Waals surface area contributed by atoms with Gasteiger partial charge in [-0.25, -0.2) is 9.63 Å². The normalized spacial score (nSPS) is 35.8. The van der Waals surface area contributed by atoms with Gasteiger partial charge < -0.3 is 19.3 Å². The third-order valence-corrected chi connectivity index (χ3v) is 10.5. The SMILES string of the molecule is COC1CCC2C(C1)CC1C2[C@]2(CCN(C(=O)OC(C)(C)C)C2)CN(C(C)=O)[C@@H]1CO[N+](C)(C)C(C)(C)C. The van der Waals surface area contributed by atoms with E-state index in [1.54, 1.807) is 6.92 Å².